The van der Waals surface area contributed by atoms with Gasteiger partial charge >= 0.3 is 0 Å². The van der Waals surface area contributed by atoms with E-state index in [2.05, 4.69) is 13.0 Å². The topological polar surface area (TPSA) is 38.8 Å². The largest absolute Gasteiger partial charge is 0.376 e. The van der Waals surface area contributed by atoms with Gasteiger partial charge in [0.2, 0.25) is 0 Å². The van der Waals surface area contributed by atoms with Crippen molar-refractivity contribution in [2.24, 2.45) is 0 Å². The second-order valence-corrected chi connectivity index (χ2v) is 7.36. The Labute approximate surface area is 136 Å². The molecule has 0 bridgehead atoms. The second kappa shape index (κ2) is 7.49. The van der Waals surface area contributed by atoms with Gasteiger partial charge in [0.25, 0.3) is 5.91 Å². The molecule has 120 valence electrons. The van der Waals surface area contributed by atoms with Crippen LogP contribution in [0, 0.1) is 0 Å². The average Bonchev–Trinajstić information content (AvgIpc) is 2.96. The lowest BCUT2D eigenvalue weighted by Crippen LogP contribution is -2.35. The molecule has 0 saturated carbocycles. The fraction of sp³-hybridized carbons (Fsp3) is 0.588. The maximum atomic E-state index is 12.5. The first kappa shape index (κ1) is 15.8. The Balaban J connectivity index is 1.61. The maximum Gasteiger partial charge on any atom is 0.253 e. The van der Waals surface area contributed by atoms with Crippen LogP contribution >= 0.6 is 11.8 Å². The summed E-state index contributed by atoms with van der Waals surface area (Å²) in [5.41, 5.74) is 1.02. The van der Waals surface area contributed by atoms with Gasteiger partial charge in [-0.1, -0.05) is 19.1 Å². The van der Waals surface area contributed by atoms with Gasteiger partial charge in [-0.25, -0.2) is 0 Å². The van der Waals surface area contributed by atoms with E-state index in [9.17, 15) is 4.79 Å². The lowest BCUT2D eigenvalue weighted by Gasteiger charge is -2.22. The van der Waals surface area contributed by atoms with Crippen LogP contribution in [0.1, 0.15) is 26.2 Å². The third-order valence-electron chi connectivity index (χ3n) is 4.10. The van der Waals surface area contributed by atoms with E-state index in [-0.39, 0.29) is 18.6 Å². The molecule has 3 rings (SSSR count). The van der Waals surface area contributed by atoms with Crippen LogP contribution in [0.25, 0.3) is 0 Å². The number of benzene rings is 1. The van der Waals surface area contributed by atoms with E-state index in [1.807, 2.05) is 34.9 Å². The Morgan fingerprint density at radius 1 is 1.41 bits per heavy atom. The van der Waals surface area contributed by atoms with Gasteiger partial charge in [0, 0.05) is 23.3 Å². The highest BCUT2D eigenvalue weighted by Crippen LogP contribution is 2.37. The highest BCUT2D eigenvalue weighted by Gasteiger charge is 2.24. The van der Waals surface area contributed by atoms with Gasteiger partial charge in [0.15, 0.2) is 0 Å². The van der Waals surface area contributed by atoms with E-state index in [4.69, 9.17) is 9.47 Å². The van der Waals surface area contributed by atoms with Crippen molar-refractivity contribution in [1.82, 2.24) is 0 Å². The van der Waals surface area contributed by atoms with Crippen molar-refractivity contribution in [3.8, 4) is 0 Å². The number of ether oxygens (including phenoxy) is 2. The molecule has 2 atom stereocenters. The third kappa shape index (κ3) is 3.83. The van der Waals surface area contributed by atoms with Gasteiger partial charge in [-0.3, -0.25) is 4.79 Å². The zero-order valence-electron chi connectivity index (χ0n) is 13.0. The molecule has 2 aliphatic heterocycles. The SMILES string of the molecule is CC1CCN(C(=O)COCC2CCCO2)c2ccccc2S1. The quantitative estimate of drug-likeness (QED) is 0.854. The van der Waals surface area contributed by atoms with Crippen LogP contribution in [0.15, 0.2) is 29.2 Å². The first-order valence-corrected chi connectivity index (χ1v) is 8.87. The Kier molecular flexibility index (Phi) is 5.39. The molecule has 1 fully saturated rings. The van der Waals surface area contributed by atoms with Crippen molar-refractivity contribution in [2.45, 2.75) is 42.4 Å². The number of hydrogen-bond donors (Lipinski definition) is 0. The van der Waals surface area contributed by atoms with E-state index in [0.29, 0.717) is 11.9 Å². The van der Waals surface area contributed by atoms with Crippen LogP contribution in [-0.4, -0.2) is 43.6 Å². The number of para-hydroxylation sites is 1. The predicted molar refractivity (Wildman–Crippen MR) is 88.5 cm³/mol. The molecule has 0 aliphatic carbocycles. The monoisotopic (exact) mass is 321 g/mol. The van der Waals surface area contributed by atoms with Crippen LogP contribution in [0.2, 0.25) is 0 Å². The van der Waals surface area contributed by atoms with Gasteiger partial charge in [-0.05, 0) is 31.4 Å². The summed E-state index contributed by atoms with van der Waals surface area (Å²) in [4.78, 5) is 15.6. The number of anilines is 1. The number of hydrogen-bond acceptors (Lipinski definition) is 4. The molecule has 22 heavy (non-hydrogen) atoms. The molecule has 0 radical (unpaired) electrons. The lowest BCUT2D eigenvalue weighted by molar-refractivity contribution is -0.124. The lowest BCUT2D eigenvalue weighted by atomic mass is 10.2. The zero-order chi connectivity index (χ0) is 15.4. The molecular formula is C17H23NO3S. The normalized spacial score (nSPS) is 24.9. The van der Waals surface area contributed by atoms with E-state index in [0.717, 1.165) is 38.1 Å². The van der Waals surface area contributed by atoms with Gasteiger partial charge in [-0.15, -0.1) is 11.8 Å². The van der Waals surface area contributed by atoms with Crippen molar-refractivity contribution in [1.29, 1.82) is 0 Å². The molecule has 0 spiro atoms. The Hall–Kier alpha value is -1.04. The summed E-state index contributed by atoms with van der Waals surface area (Å²) in [6.45, 7) is 4.44. The molecule has 0 aromatic heterocycles. The van der Waals surface area contributed by atoms with Crippen LogP contribution in [-0.2, 0) is 14.3 Å². The third-order valence-corrected chi connectivity index (χ3v) is 5.33. The predicted octanol–water partition coefficient (Wildman–Crippen LogP) is 3.10. The van der Waals surface area contributed by atoms with Crippen LogP contribution in [0.5, 0.6) is 0 Å². The second-order valence-electron chi connectivity index (χ2n) is 5.88. The maximum absolute atomic E-state index is 12.5. The Morgan fingerprint density at radius 3 is 3.09 bits per heavy atom. The fourth-order valence-corrected chi connectivity index (χ4v) is 3.99. The van der Waals surface area contributed by atoms with Gasteiger partial charge < -0.3 is 14.4 Å². The summed E-state index contributed by atoms with van der Waals surface area (Å²) in [6.07, 6.45) is 3.29. The molecule has 1 aromatic carbocycles. The number of carbonyl (C=O) groups is 1. The smallest absolute Gasteiger partial charge is 0.253 e. The molecule has 1 aromatic rings. The highest BCUT2D eigenvalue weighted by molar-refractivity contribution is 8.00. The average molecular weight is 321 g/mol. The molecule has 5 heteroatoms. The Bertz CT molecular complexity index is 516. The number of fused-ring (bicyclic) bond motifs is 1. The molecule has 1 amide bonds. The summed E-state index contributed by atoms with van der Waals surface area (Å²) < 4.78 is 11.1. The molecule has 1 saturated heterocycles. The summed E-state index contributed by atoms with van der Waals surface area (Å²) in [5, 5.41) is 0.520. The fourth-order valence-electron chi connectivity index (χ4n) is 2.88. The van der Waals surface area contributed by atoms with E-state index in [1.54, 1.807) is 0 Å². The highest BCUT2D eigenvalue weighted by atomic mass is 32.2. The summed E-state index contributed by atoms with van der Waals surface area (Å²) >= 11 is 1.84. The number of nitrogens with zero attached hydrogens (tertiary/aromatic N) is 1. The van der Waals surface area contributed by atoms with E-state index < -0.39 is 0 Å². The molecule has 2 heterocycles. The summed E-state index contributed by atoms with van der Waals surface area (Å²) in [7, 11) is 0. The van der Waals surface area contributed by atoms with E-state index >= 15 is 0 Å². The van der Waals surface area contributed by atoms with Crippen molar-refractivity contribution < 1.29 is 14.3 Å². The van der Waals surface area contributed by atoms with Crippen LogP contribution in [0.4, 0.5) is 5.69 Å². The van der Waals surface area contributed by atoms with Gasteiger partial charge in [-0.2, -0.15) is 0 Å². The number of rotatable bonds is 4. The minimum atomic E-state index is 0.0418. The van der Waals surface area contributed by atoms with E-state index in [1.165, 1.54) is 4.90 Å². The van der Waals surface area contributed by atoms with Crippen molar-refractivity contribution >= 4 is 23.4 Å². The van der Waals surface area contributed by atoms with Crippen molar-refractivity contribution in [3.05, 3.63) is 24.3 Å². The first-order valence-electron chi connectivity index (χ1n) is 7.99. The molecular weight excluding hydrogens is 298 g/mol. The molecule has 0 N–H and O–H groups in total. The van der Waals surface area contributed by atoms with Crippen molar-refractivity contribution in [2.75, 3.05) is 31.3 Å². The van der Waals surface area contributed by atoms with Gasteiger partial charge in [0.05, 0.1) is 18.4 Å². The zero-order valence-corrected chi connectivity index (χ0v) is 13.8. The molecule has 4 nitrogen and oxygen atoms in total. The molecule has 2 unspecified atom stereocenters. The number of thioether (sulfide) groups is 1. The van der Waals surface area contributed by atoms with Crippen LogP contribution in [0.3, 0.4) is 0 Å². The minimum Gasteiger partial charge on any atom is -0.376 e. The standard InChI is InChI=1S/C17H23NO3S/c1-13-8-9-18(15-6-2-3-7-16(15)22-13)17(19)12-20-11-14-5-4-10-21-14/h2-3,6-7,13-14H,4-5,8-12H2,1H3. The van der Waals surface area contributed by atoms with Crippen molar-refractivity contribution in [3.63, 3.8) is 0 Å². The van der Waals surface area contributed by atoms with Crippen LogP contribution < -0.4 is 4.90 Å². The summed E-state index contributed by atoms with van der Waals surface area (Å²) in [6, 6.07) is 8.14. The number of carbonyl (C=O) groups excluding carboxylic acids is 1. The first-order chi connectivity index (χ1) is 10.7. The Morgan fingerprint density at radius 2 is 2.27 bits per heavy atom. The summed E-state index contributed by atoms with van der Waals surface area (Å²) in [5.74, 6) is 0.0418. The minimum absolute atomic E-state index is 0.0418. The molecule has 2 aliphatic rings. The van der Waals surface area contributed by atoms with Gasteiger partial charge in [0.1, 0.15) is 6.61 Å². The number of amides is 1.